The lowest BCUT2D eigenvalue weighted by Crippen LogP contribution is -2.28. The lowest BCUT2D eigenvalue weighted by Gasteiger charge is -2.13. The van der Waals surface area contributed by atoms with Gasteiger partial charge in [0.25, 0.3) is 0 Å². The molecule has 1 aromatic carbocycles. The van der Waals surface area contributed by atoms with Crippen molar-refractivity contribution in [2.45, 2.75) is 13.3 Å². The van der Waals surface area contributed by atoms with Crippen LogP contribution in [0.2, 0.25) is 0 Å². The minimum absolute atomic E-state index is 0.126. The number of esters is 2. The number of cyclic esters (lactones) is 1. The molecule has 0 amide bonds. The first-order valence-electron chi connectivity index (χ1n) is 6.09. The molecular formula is C14H16O4. The van der Waals surface area contributed by atoms with E-state index >= 15 is 0 Å². The summed E-state index contributed by atoms with van der Waals surface area (Å²) in [7, 11) is 0. The second-order valence-electron chi connectivity index (χ2n) is 4.31. The number of carbonyl (C=O) groups is 2. The Morgan fingerprint density at radius 3 is 2.78 bits per heavy atom. The zero-order chi connectivity index (χ0) is 13.0. The largest absolute Gasteiger partial charge is 0.465 e. The summed E-state index contributed by atoms with van der Waals surface area (Å²) in [6.07, 6.45) is 0.649. The van der Waals surface area contributed by atoms with E-state index in [1.807, 2.05) is 30.3 Å². The highest BCUT2D eigenvalue weighted by molar-refractivity contribution is 5.96. The molecule has 1 aliphatic heterocycles. The van der Waals surface area contributed by atoms with Crippen molar-refractivity contribution in [1.29, 1.82) is 0 Å². The molecule has 1 saturated heterocycles. The summed E-state index contributed by atoms with van der Waals surface area (Å²) >= 11 is 0. The Hall–Kier alpha value is -1.84. The van der Waals surface area contributed by atoms with Crippen LogP contribution in [0.4, 0.5) is 0 Å². The van der Waals surface area contributed by atoms with Crippen LogP contribution in [0, 0.1) is 11.8 Å². The molecule has 0 aromatic heterocycles. The standard InChI is InChI=1S/C14H16O4/c1-2-17-13(15)12-11(9-18-14(12)16)8-10-6-4-3-5-7-10/h3-7,11-12H,2,8-9H2,1H3. The van der Waals surface area contributed by atoms with Crippen LogP contribution in [0.5, 0.6) is 0 Å². The molecule has 1 aliphatic rings. The Bertz CT molecular complexity index is 427. The first-order chi connectivity index (χ1) is 8.72. The van der Waals surface area contributed by atoms with E-state index < -0.39 is 17.9 Å². The fourth-order valence-corrected chi connectivity index (χ4v) is 2.18. The molecule has 1 fully saturated rings. The summed E-state index contributed by atoms with van der Waals surface area (Å²) < 4.78 is 9.90. The van der Waals surface area contributed by atoms with Gasteiger partial charge in [-0.05, 0) is 18.9 Å². The molecule has 0 radical (unpaired) electrons. The van der Waals surface area contributed by atoms with Crippen LogP contribution in [0.3, 0.4) is 0 Å². The van der Waals surface area contributed by atoms with Crippen molar-refractivity contribution in [2.24, 2.45) is 11.8 Å². The lowest BCUT2D eigenvalue weighted by atomic mass is 9.89. The summed E-state index contributed by atoms with van der Waals surface area (Å²) in [5, 5.41) is 0. The normalized spacial score (nSPS) is 22.6. The Labute approximate surface area is 106 Å². The van der Waals surface area contributed by atoms with Crippen molar-refractivity contribution in [2.75, 3.05) is 13.2 Å². The van der Waals surface area contributed by atoms with Crippen molar-refractivity contribution in [1.82, 2.24) is 0 Å². The highest BCUT2D eigenvalue weighted by Gasteiger charge is 2.43. The van der Waals surface area contributed by atoms with Crippen molar-refractivity contribution < 1.29 is 19.1 Å². The maximum Gasteiger partial charge on any atom is 0.320 e. The Balaban J connectivity index is 2.07. The maximum atomic E-state index is 11.7. The number of rotatable bonds is 4. The molecular weight excluding hydrogens is 232 g/mol. The first kappa shape index (κ1) is 12.6. The van der Waals surface area contributed by atoms with E-state index in [9.17, 15) is 9.59 Å². The third-order valence-corrected chi connectivity index (χ3v) is 3.05. The zero-order valence-corrected chi connectivity index (χ0v) is 10.3. The topological polar surface area (TPSA) is 52.6 Å². The summed E-state index contributed by atoms with van der Waals surface area (Å²) in [6.45, 7) is 2.29. The van der Waals surface area contributed by atoms with Crippen LogP contribution in [-0.2, 0) is 25.5 Å². The molecule has 1 aromatic rings. The SMILES string of the molecule is CCOC(=O)C1C(=O)OCC1Cc1ccccc1. The molecule has 0 N–H and O–H groups in total. The highest BCUT2D eigenvalue weighted by Crippen LogP contribution is 2.27. The maximum absolute atomic E-state index is 11.7. The van der Waals surface area contributed by atoms with Gasteiger partial charge in [-0.1, -0.05) is 30.3 Å². The quantitative estimate of drug-likeness (QED) is 0.599. The average molecular weight is 248 g/mol. The molecule has 0 saturated carbocycles. The molecule has 96 valence electrons. The third kappa shape index (κ3) is 2.70. The summed E-state index contributed by atoms with van der Waals surface area (Å²) in [5.41, 5.74) is 1.09. The predicted molar refractivity (Wildman–Crippen MR) is 64.7 cm³/mol. The van der Waals surface area contributed by atoms with Crippen LogP contribution in [0.1, 0.15) is 12.5 Å². The Kier molecular flexibility index (Phi) is 3.97. The zero-order valence-electron chi connectivity index (χ0n) is 10.3. The number of carbonyl (C=O) groups excluding carboxylic acids is 2. The second kappa shape index (κ2) is 5.67. The van der Waals surface area contributed by atoms with E-state index in [1.54, 1.807) is 6.92 Å². The van der Waals surface area contributed by atoms with Gasteiger partial charge in [-0.3, -0.25) is 9.59 Å². The van der Waals surface area contributed by atoms with Crippen molar-refractivity contribution in [3.63, 3.8) is 0 Å². The minimum atomic E-state index is -0.773. The smallest absolute Gasteiger partial charge is 0.320 e. The van der Waals surface area contributed by atoms with Crippen molar-refractivity contribution in [3.8, 4) is 0 Å². The van der Waals surface area contributed by atoms with Gasteiger partial charge in [0.2, 0.25) is 0 Å². The number of ether oxygens (including phenoxy) is 2. The van der Waals surface area contributed by atoms with E-state index in [4.69, 9.17) is 9.47 Å². The molecule has 1 heterocycles. The summed E-state index contributed by atoms with van der Waals surface area (Å²) in [6, 6.07) is 9.76. The summed E-state index contributed by atoms with van der Waals surface area (Å²) in [4.78, 5) is 23.3. The summed E-state index contributed by atoms with van der Waals surface area (Å²) in [5.74, 6) is -1.83. The van der Waals surface area contributed by atoms with Gasteiger partial charge < -0.3 is 9.47 Å². The van der Waals surface area contributed by atoms with Gasteiger partial charge in [0, 0.05) is 5.92 Å². The van der Waals surface area contributed by atoms with Crippen molar-refractivity contribution in [3.05, 3.63) is 35.9 Å². The minimum Gasteiger partial charge on any atom is -0.465 e. The molecule has 2 unspecified atom stereocenters. The van der Waals surface area contributed by atoms with Crippen molar-refractivity contribution >= 4 is 11.9 Å². The molecule has 0 bridgehead atoms. The van der Waals surface area contributed by atoms with E-state index in [0.717, 1.165) is 5.56 Å². The number of benzene rings is 1. The number of hydrogen-bond acceptors (Lipinski definition) is 4. The first-order valence-corrected chi connectivity index (χ1v) is 6.09. The molecule has 2 rings (SSSR count). The van der Waals surface area contributed by atoms with E-state index in [0.29, 0.717) is 6.42 Å². The highest BCUT2D eigenvalue weighted by atomic mass is 16.6. The Morgan fingerprint density at radius 2 is 2.11 bits per heavy atom. The molecule has 4 nitrogen and oxygen atoms in total. The van der Waals surface area contributed by atoms with Crippen LogP contribution in [0.15, 0.2) is 30.3 Å². The van der Waals surface area contributed by atoms with Crippen LogP contribution >= 0.6 is 0 Å². The van der Waals surface area contributed by atoms with Gasteiger partial charge in [-0.2, -0.15) is 0 Å². The second-order valence-corrected chi connectivity index (χ2v) is 4.31. The van der Waals surface area contributed by atoms with Gasteiger partial charge in [0.15, 0.2) is 5.92 Å². The predicted octanol–water partition coefficient (Wildman–Crippen LogP) is 1.58. The van der Waals surface area contributed by atoms with Crippen LogP contribution < -0.4 is 0 Å². The fourth-order valence-electron chi connectivity index (χ4n) is 2.18. The van der Waals surface area contributed by atoms with E-state index in [-0.39, 0.29) is 19.1 Å². The number of hydrogen-bond donors (Lipinski definition) is 0. The van der Waals surface area contributed by atoms with E-state index in [1.165, 1.54) is 0 Å². The monoisotopic (exact) mass is 248 g/mol. The van der Waals surface area contributed by atoms with Crippen LogP contribution in [-0.4, -0.2) is 25.2 Å². The Morgan fingerprint density at radius 1 is 1.39 bits per heavy atom. The molecule has 2 atom stereocenters. The molecule has 0 aliphatic carbocycles. The van der Waals surface area contributed by atoms with Gasteiger partial charge in [0.1, 0.15) is 0 Å². The van der Waals surface area contributed by atoms with Gasteiger partial charge in [0.05, 0.1) is 13.2 Å². The van der Waals surface area contributed by atoms with Gasteiger partial charge in [-0.15, -0.1) is 0 Å². The van der Waals surface area contributed by atoms with Crippen LogP contribution in [0.25, 0.3) is 0 Å². The fraction of sp³-hybridized carbons (Fsp3) is 0.429. The lowest BCUT2D eigenvalue weighted by molar-refractivity contribution is -0.156. The third-order valence-electron chi connectivity index (χ3n) is 3.05. The van der Waals surface area contributed by atoms with Gasteiger partial charge >= 0.3 is 11.9 Å². The molecule has 4 heteroatoms. The average Bonchev–Trinajstić information content (AvgIpc) is 2.72. The molecule has 0 spiro atoms. The van der Waals surface area contributed by atoms with Gasteiger partial charge in [-0.25, -0.2) is 0 Å². The van der Waals surface area contributed by atoms with E-state index in [2.05, 4.69) is 0 Å². The molecule has 18 heavy (non-hydrogen) atoms.